The molecule has 2 N–H and O–H groups in total. The van der Waals surface area contributed by atoms with Crippen molar-refractivity contribution >= 4 is 22.2 Å². The van der Waals surface area contributed by atoms with E-state index >= 15 is 0 Å². The number of carbonyl (C=O) groups excluding carboxylic acids is 1. The summed E-state index contributed by atoms with van der Waals surface area (Å²) >= 11 is 1.55. The van der Waals surface area contributed by atoms with Crippen molar-refractivity contribution < 1.29 is 4.79 Å². The Balaban J connectivity index is 1.78. The van der Waals surface area contributed by atoms with E-state index in [1.165, 1.54) is 6.42 Å². The van der Waals surface area contributed by atoms with Crippen LogP contribution in [0.2, 0.25) is 0 Å². The Morgan fingerprint density at radius 3 is 3.00 bits per heavy atom. The Labute approximate surface area is 106 Å². The highest BCUT2D eigenvalue weighted by Crippen LogP contribution is 2.23. The molecule has 0 aliphatic carbocycles. The van der Waals surface area contributed by atoms with E-state index in [9.17, 15) is 4.79 Å². The maximum absolute atomic E-state index is 11.8. The SMILES string of the molecule is Cc1nc(C)c(NC(=O)CCC2CCNC2)s1. The molecule has 1 aliphatic rings. The van der Waals surface area contributed by atoms with E-state index in [2.05, 4.69) is 15.6 Å². The van der Waals surface area contributed by atoms with E-state index in [4.69, 9.17) is 0 Å². The van der Waals surface area contributed by atoms with Crippen molar-refractivity contribution in [2.45, 2.75) is 33.1 Å². The minimum Gasteiger partial charge on any atom is -0.316 e. The molecule has 1 fully saturated rings. The van der Waals surface area contributed by atoms with Gasteiger partial charge in [0.15, 0.2) is 0 Å². The van der Waals surface area contributed by atoms with Crippen molar-refractivity contribution in [2.24, 2.45) is 5.92 Å². The van der Waals surface area contributed by atoms with Crippen LogP contribution < -0.4 is 10.6 Å². The summed E-state index contributed by atoms with van der Waals surface area (Å²) < 4.78 is 0. The zero-order chi connectivity index (χ0) is 12.3. The van der Waals surface area contributed by atoms with Crippen molar-refractivity contribution in [3.8, 4) is 0 Å². The molecule has 0 spiro atoms. The highest BCUT2D eigenvalue weighted by Gasteiger charge is 2.16. The van der Waals surface area contributed by atoms with E-state index < -0.39 is 0 Å². The normalized spacial score (nSPS) is 19.5. The fourth-order valence-electron chi connectivity index (χ4n) is 2.13. The van der Waals surface area contributed by atoms with Crippen LogP contribution in [0.1, 0.15) is 30.0 Å². The Morgan fingerprint density at radius 2 is 2.41 bits per heavy atom. The lowest BCUT2D eigenvalue weighted by Gasteiger charge is -2.07. The number of anilines is 1. The number of nitrogens with zero attached hydrogens (tertiary/aromatic N) is 1. The lowest BCUT2D eigenvalue weighted by atomic mass is 10.0. The second-order valence-corrected chi connectivity index (χ2v) is 5.80. The number of nitrogens with one attached hydrogen (secondary N) is 2. The summed E-state index contributed by atoms with van der Waals surface area (Å²) in [5.41, 5.74) is 0.920. The van der Waals surface area contributed by atoms with Crippen LogP contribution >= 0.6 is 11.3 Å². The van der Waals surface area contributed by atoms with Gasteiger partial charge < -0.3 is 10.6 Å². The van der Waals surface area contributed by atoms with Crippen molar-refractivity contribution in [1.82, 2.24) is 10.3 Å². The lowest BCUT2D eigenvalue weighted by molar-refractivity contribution is -0.116. The van der Waals surface area contributed by atoms with Gasteiger partial charge in [0.05, 0.1) is 10.7 Å². The number of hydrogen-bond acceptors (Lipinski definition) is 4. The second kappa shape index (κ2) is 5.60. The molecule has 1 aromatic rings. The molecule has 0 aromatic carbocycles. The Bertz CT molecular complexity index is 396. The van der Waals surface area contributed by atoms with Gasteiger partial charge in [-0.3, -0.25) is 4.79 Å². The fourth-order valence-corrected chi connectivity index (χ4v) is 2.97. The topological polar surface area (TPSA) is 54.0 Å². The number of amides is 1. The third-order valence-electron chi connectivity index (χ3n) is 3.10. The van der Waals surface area contributed by atoms with Crippen molar-refractivity contribution in [3.05, 3.63) is 10.7 Å². The van der Waals surface area contributed by atoms with Crippen LogP contribution in [0.3, 0.4) is 0 Å². The smallest absolute Gasteiger partial charge is 0.225 e. The predicted molar refractivity (Wildman–Crippen MR) is 70.4 cm³/mol. The standard InChI is InChI=1S/C12H19N3OS/c1-8-12(17-9(2)14-8)15-11(16)4-3-10-5-6-13-7-10/h10,13H,3-7H2,1-2H3,(H,15,16). The van der Waals surface area contributed by atoms with E-state index in [-0.39, 0.29) is 5.91 Å². The first-order chi connectivity index (χ1) is 8.15. The number of thiazole rings is 1. The minimum absolute atomic E-state index is 0.114. The number of aromatic nitrogens is 1. The summed E-state index contributed by atoms with van der Waals surface area (Å²) in [4.78, 5) is 16.1. The van der Waals surface area contributed by atoms with Crippen LogP contribution in [-0.2, 0) is 4.79 Å². The third kappa shape index (κ3) is 3.51. The first kappa shape index (κ1) is 12.5. The first-order valence-electron chi connectivity index (χ1n) is 6.09. The van der Waals surface area contributed by atoms with Crippen LogP contribution in [0.4, 0.5) is 5.00 Å². The van der Waals surface area contributed by atoms with Gasteiger partial charge in [0.25, 0.3) is 0 Å². The molecule has 2 heterocycles. The molecular weight excluding hydrogens is 234 g/mol. The maximum Gasteiger partial charge on any atom is 0.225 e. The molecule has 17 heavy (non-hydrogen) atoms. The van der Waals surface area contributed by atoms with Crippen LogP contribution in [0.5, 0.6) is 0 Å². The van der Waals surface area contributed by atoms with Gasteiger partial charge in [-0.05, 0) is 45.7 Å². The van der Waals surface area contributed by atoms with Gasteiger partial charge in [0.1, 0.15) is 5.00 Å². The lowest BCUT2D eigenvalue weighted by Crippen LogP contribution is -2.14. The van der Waals surface area contributed by atoms with Crippen molar-refractivity contribution in [1.29, 1.82) is 0 Å². The quantitative estimate of drug-likeness (QED) is 0.864. The molecule has 1 aromatic heterocycles. The molecule has 1 unspecified atom stereocenters. The van der Waals surface area contributed by atoms with Crippen molar-refractivity contribution in [2.75, 3.05) is 18.4 Å². The number of hydrogen-bond donors (Lipinski definition) is 2. The Hall–Kier alpha value is -0.940. The highest BCUT2D eigenvalue weighted by molar-refractivity contribution is 7.16. The fraction of sp³-hybridized carbons (Fsp3) is 0.667. The monoisotopic (exact) mass is 253 g/mol. The molecule has 5 heteroatoms. The highest BCUT2D eigenvalue weighted by atomic mass is 32.1. The summed E-state index contributed by atoms with van der Waals surface area (Å²) in [5.74, 6) is 0.786. The molecule has 4 nitrogen and oxygen atoms in total. The van der Waals surface area contributed by atoms with E-state index in [1.807, 2.05) is 13.8 Å². The van der Waals surface area contributed by atoms with Gasteiger partial charge in [-0.1, -0.05) is 0 Å². The van der Waals surface area contributed by atoms with E-state index in [1.54, 1.807) is 11.3 Å². The zero-order valence-corrected chi connectivity index (χ0v) is 11.2. The second-order valence-electron chi connectivity index (χ2n) is 4.59. The van der Waals surface area contributed by atoms with E-state index in [0.29, 0.717) is 12.3 Å². The van der Waals surface area contributed by atoms with Gasteiger partial charge in [0, 0.05) is 6.42 Å². The molecule has 1 amide bonds. The first-order valence-corrected chi connectivity index (χ1v) is 6.91. The largest absolute Gasteiger partial charge is 0.316 e. The number of rotatable bonds is 4. The molecular formula is C12H19N3OS. The summed E-state index contributed by atoms with van der Waals surface area (Å²) in [5, 5.41) is 8.17. The van der Waals surface area contributed by atoms with Gasteiger partial charge >= 0.3 is 0 Å². The zero-order valence-electron chi connectivity index (χ0n) is 10.4. The maximum atomic E-state index is 11.8. The predicted octanol–water partition coefficient (Wildman–Crippen LogP) is 2.09. The molecule has 1 saturated heterocycles. The van der Waals surface area contributed by atoms with Gasteiger partial charge in [-0.15, -0.1) is 11.3 Å². The molecule has 2 rings (SSSR count). The van der Waals surface area contributed by atoms with Crippen LogP contribution in [-0.4, -0.2) is 24.0 Å². The molecule has 94 valence electrons. The molecule has 0 radical (unpaired) electrons. The summed E-state index contributed by atoms with van der Waals surface area (Å²) in [6.07, 6.45) is 2.80. The average molecular weight is 253 g/mol. The third-order valence-corrected chi connectivity index (χ3v) is 4.09. The van der Waals surface area contributed by atoms with Crippen molar-refractivity contribution in [3.63, 3.8) is 0 Å². The Kier molecular flexibility index (Phi) is 4.12. The van der Waals surface area contributed by atoms with E-state index in [0.717, 1.165) is 35.2 Å². The van der Waals surface area contributed by atoms with Crippen LogP contribution in [0.25, 0.3) is 0 Å². The number of aryl methyl sites for hydroxylation is 2. The van der Waals surface area contributed by atoms with Crippen LogP contribution in [0.15, 0.2) is 0 Å². The minimum atomic E-state index is 0.114. The average Bonchev–Trinajstić information content (AvgIpc) is 2.87. The summed E-state index contributed by atoms with van der Waals surface area (Å²) in [7, 11) is 0. The molecule has 1 atom stereocenters. The molecule has 0 saturated carbocycles. The molecule has 0 bridgehead atoms. The summed E-state index contributed by atoms with van der Waals surface area (Å²) in [6.45, 7) is 6.04. The summed E-state index contributed by atoms with van der Waals surface area (Å²) in [6, 6.07) is 0. The number of carbonyl (C=O) groups is 1. The van der Waals surface area contributed by atoms with Gasteiger partial charge in [0.2, 0.25) is 5.91 Å². The van der Waals surface area contributed by atoms with Gasteiger partial charge in [-0.25, -0.2) is 4.98 Å². The van der Waals surface area contributed by atoms with Gasteiger partial charge in [-0.2, -0.15) is 0 Å². The Morgan fingerprint density at radius 1 is 1.59 bits per heavy atom. The molecule has 1 aliphatic heterocycles. The van der Waals surface area contributed by atoms with Crippen LogP contribution in [0, 0.1) is 19.8 Å².